The Morgan fingerprint density at radius 3 is 2.43 bits per heavy atom. The van der Waals surface area contributed by atoms with Crippen LogP contribution in [0.25, 0.3) is 10.9 Å². The lowest BCUT2D eigenvalue weighted by Crippen LogP contribution is -2.38. The van der Waals surface area contributed by atoms with E-state index in [-0.39, 0.29) is 17.5 Å². The van der Waals surface area contributed by atoms with Crippen LogP contribution in [0.5, 0.6) is 0 Å². The van der Waals surface area contributed by atoms with Gasteiger partial charge in [0.05, 0.1) is 11.1 Å². The zero-order valence-electron chi connectivity index (χ0n) is 19.6. The van der Waals surface area contributed by atoms with Gasteiger partial charge in [-0.3, -0.25) is 4.79 Å². The number of fused-ring (bicyclic) bond motifs is 1. The van der Waals surface area contributed by atoms with E-state index >= 15 is 0 Å². The number of alkyl halides is 3. The molecule has 2 aromatic carbocycles. The summed E-state index contributed by atoms with van der Waals surface area (Å²) in [5.74, 6) is -0.743. The van der Waals surface area contributed by atoms with Crippen LogP contribution in [-0.2, 0) is 6.18 Å². The Balaban J connectivity index is 1.34. The summed E-state index contributed by atoms with van der Waals surface area (Å²) in [7, 11) is 3.60. The molecule has 35 heavy (non-hydrogen) atoms. The molecule has 1 fully saturated rings. The second-order valence-electron chi connectivity index (χ2n) is 9.20. The number of hydrogen-bond acceptors (Lipinski definition) is 4. The molecule has 3 aromatic rings. The summed E-state index contributed by atoms with van der Waals surface area (Å²) < 4.78 is 54.3. The molecule has 1 aliphatic carbocycles. The summed E-state index contributed by atoms with van der Waals surface area (Å²) in [6.07, 6.45) is -1.48. The molecule has 186 valence electrons. The van der Waals surface area contributed by atoms with Crippen molar-refractivity contribution in [1.29, 1.82) is 0 Å². The molecule has 0 aliphatic heterocycles. The molecule has 0 bridgehead atoms. The molecule has 2 N–H and O–H groups in total. The van der Waals surface area contributed by atoms with E-state index in [2.05, 4.69) is 15.6 Å². The van der Waals surface area contributed by atoms with E-state index in [0.29, 0.717) is 28.8 Å². The van der Waals surface area contributed by atoms with E-state index < -0.39 is 23.6 Å². The van der Waals surface area contributed by atoms with Gasteiger partial charge in [0.2, 0.25) is 0 Å². The van der Waals surface area contributed by atoms with E-state index in [1.807, 2.05) is 0 Å². The maximum atomic E-state index is 14.4. The van der Waals surface area contributed by atoms with Crippen molar-refractivity contribution in [3.05, 3.63) is 65.6 Å². The Labute approximate surface area is 201 Å². The fourth-order valence-corrected chi connectivity index (χ4v) is 4.46. The third kappa shape index (κ3) is 5.83. The van der Waals surface area contributed by atoms with Gasteiger partial charge in [-0.15, -0.1) is 0 Å². The number of carbonyl (C=O) groups excluding carboxylic acids is 1. The molecule has 1 saturated carbocycles. The number of nitrogens with one attached hydrogen (secondary N) is 2. The lowest BCUT2D eigenvalue weighted by Gasteiger charge is -2.29. The fraction of sp³-hybridized carbons (Fsp3) is 0.385. The molecule has 1 amide bonds. The van der Waals surface area contributed by atoms with Crippen LogP contribution >= 0.6 is 0 Å². The van der Waals surface area contributed by atoms with Crippen molar-refractivity contribution in [2.75, 3.05) is 30.9 Å². The van der Waals surface area contributed by atoms with Gasteiger partial charge in [-0.1, -0.05) is 18.2 Å². The highest BCUT2D eigenvalue weighted by atomic mass is 19.4. The quantitative estimate of drug-likeness (QED) is 0.427. The van der Waals surface area contributed by atoms with Crippen molar-refractivity contribution < 1.29 is 22.4 Å². The largest absolute Gasteiger partial charge is 0.433 e. The van der Waals surface area contributed by atoms with Crippen molar-refractivity contribution in [3.63, 3.8) is 0 Å². The Kier molecular flexibility index (Phi) is 7.14. The smallest absolute Gasteiger partial charge is 0.384 e. The molecule has 1 heterocycles. The number of rotatable bonds is 6. The van der Waals surface area contributed by atoms with E-state index in [0.717, 1.165) is 31.7 Å². The number of para-hydroxylation sites is 1. The number of benzene rings is 2. The predicted molar refractivity (Wildman–Crippen MR) is 129 cm³/mol. The molecule has 1 aromatic heterocycles. The first kappa shape index (κ1) is 24.8. The van der Waals surface area contributed by atoms with E-state index in [1.54, 1.807) is 49.3 Å². The van der Waals surface area contributed by atoms with Gasteiger partial charge in [-0.2, -0.15) is 13.2 Å². The standard InChI is InChI=1S/C26H28F4N4O/c1-34(2)18-11-12-19(21(27)13-18)25(35)32-17-9-7-16(8-10-17)15-31-23-14-24(26(28,29)30)33-22-6-4-3-5-20(22)23/h3-6,11-14,16-17H,7-10,15H2,1-2H3,(H,31,33)(H,32,35). The number of nitrogens with zero attached hydrogens (tertiary/aromatic N) is 2. The van der Waals surface area contributed by atoms with E-state index in [1.165, 1.54) is 12.1 Å². The van der Waals surface area contributed by atoms with Crippen LogP contribution in [0.3, 0.4) is 0 Å². The molecule has 0 saturated heterocycles. The normalized spacial score (nSPS) is 18.3. The van der Waals surface area contributed by atoms with Crippen molar-refractivity contribution in [1.82, 2.24) is 10.3 Å². The van der Waals surface area contributed by atoms with Crippen molar-refractivity contribution in [2.24, 2.45) is 5.92 Å². The predicted octanol–water partition coefficient (Wildman–Crippen LogP) is 5.86. The Hall–Kier alpha value is -3.36. The minimum absolute atomic E-state index is 0.0180. The first-order chi connectivity index (χ1) is 16.6. The molecule has 0 spiro atoms. The molecule has 0 unspecified atom stereocenters. The SMILES string of the molecule is CN(C)c1ccc(C(=O)NC2CCC(CNc3cc(C(F)(F)F)nc4ccccc34)CC2)c(F)c1. The van der Waals surface area contributed by atoms with E-state index in [9.17, 15) is 22.4 Å². The van der Waals surface area contributed by atoms with Crippen LogP contribution in [0, 0.1) is 11.7 Å². The molecular weight excluding hydrogens is 460 g/mol. The lowest BCUT2D eigenvalue weighted by atomic mass is 9.85. The zero-order valence-corrected chi connectivity index (χ0v) is 19.6. The summed E-state index contributed by atoms with van der Waals surface area (Å²) in [4.78, 5) is 18.1. The molecule has 5 nitrogen and oxygen atoms in total. The molecule has 0 radical (unpaired) electrons. The third-order valence-electron chi connectivity index (χ3n) is 6.48. The van der Waals surface area contributed by atoms with Crippen molar-refractivity contribution >= 4 is 28.2 Å². The highest BCUT2D eigenvalue weighted by Crippen LogP contribution is 2.34. The minimum Gasteiger partial charge on any atom is -0.384 e. The van der Waals surface area contributed by atoms with Gasteiger partial charge in [-0.05, 0) is 61.9 Å². The van der Waals surface area contributed by atoms with Crippen LogP contribution in [0.15, 0.2) is 48.5 Å². The van der Waals surface area contributed by atoms with Crippen LogP contribution in [0.2, 0.25) is 0 Å². The van der Waals surface area contributed by atoms with Gasteiger partial charge in [-0.25, -0.2) is 9.37 Å². The number of halogens is 4. The zero-order chi connectivity index (χ0) is 25.2. The molecule has 0 atom stereocenters. The number of pyridine rings is 1. The Morgan fingerprint density at radius 2 is 1.77 bits per heavy atom. The summed E-state index contributed by atoms with van der Waals surface area (Å²) in [5, 5.41) is 6.76. The topological polar surface area (TPSA) is 57.3 Å². The number of carbonyl (C=O) groups is 1. The van der Waals surface area contributed by atoms with Crippen LogP contribution in [0.4, 0.5) is 28.9 Å². The fourth-order valence-electron chi connectivity index (χ4n) is 4.46. The van der Waals surface area contributed by atoms with Gasteiger partial charge >= 0.3 is 6.18 Å². The summed E-state index contributed by atoms with van der Waals surface area (Å²) in [5.41, 5.74) is 0.480. The van der Waals surface area contributed by atoms with Gasteiger partial charge < -0.3 is 15.5 Å². The van der Waals surface area contributed by atoms with Crippen molar-refractivity contribution in [3.8, 4) is 0 Å². The lowest BCUT2D eigenvalue weighted by molar-refractivity contribution is -0.140. The molecular formula is C26H28F4N4O. The summed E-state index contributed by atoms with van der Waals surface area (Å²) >= 11 is 0. The summed E-state index contributed by atoms with van der Waals surface area (Å²) in [6, 6.07) is 12.3. The van der Waals surface area contributed by atoms with Gasteiger partial charge in [0.25, 0.3) is 5.91 Å². The molecule has 4 rings (SSSR count). The number of anilines is 2. The third-order valence-corrected chi connectivity index (χ3v) is 6.48. The Morgan fingerprint density at radius 1 is 1.06 bits per heavy atom. The average Bonchev–Trinajstić information content (AvgIpc) is 2.82. The highest BCUT2D eigenvalue weighted by Gasteiger charge is 2.33. The first-order valence-corrected chi connectivity index (χ1v) is 11.6. The number of amides is 1. The maximum Gasteiger partial charge on any atom is 0.433 e. The van der Waals surface area contributed by atoms with Gasteiger partial charge in [0, 0.05) is 43.4 Å². The minimum atomic E-state index is -4.52. The van der Waals surface area contributed by atoms with Gasteiger partial charge in [0.1, 0.15) is 11.5 Å². The van der Waals surface area contributed by atoms with Crippen molar-refractivity contribution in [2.45, 2.75) is 37.9 Å². The van der Waals surface area contributed by atoms with Gasteiger partial charge in [0.15, 0.2) is 0 Å². The van der Waals surface area contributed by atoms with Crippen LogP contribution < -0.4 is 15.5 Å². The summed E-state index contributed by atoms with van der Waals surface area (Å²) in [6.45, 7) is 0.520. The Bertz CT molecular complexity index is 1200. The maximum absolute atomic E-state index is 14.4. The highest BCUT2D eigenvalue weighted by molar-refractivity contribution is 5.95. The van der Waals surface area contributed by atoms with E-state index in [4.69, 9.17) is 0 Å². The monoisotopic (exact) mass is 488 g/mol. The first-order valence-electron chi connectivity index (χ1n) is 11.6. The van der Waals surface area contributed by atoms with Crippen LogP contribution in [0.1, 0.15) is 41.7 Å². The second-order valence-corrected chi connectivity index (χ2v) is 9.20. The molecule has 9 heteroatoms. The number of hydrogen-bond donors (Lipinski definition) is 2. The average molecular weight is 489 g/mol. The number of aromatic nitrogens is 1. The molecule has 1 aliphatic rings. The van der Waals surface area contributed by atoms with Crippen LogP contribution in [-0.4, -0.2) is 37.6 Å². The second kappa shape index (κ2) is 10.1.